The monoisotopic (exact) mass is 416 g/mol. The molecule has 3 aromatic carbocycles. The van der Waals surface area contributed by atoms with Crippen molar-refractivity contribution in [2.75, 3.05) is 11.4 Å². The summed E-state index contributed by atoms with van der Waals surface area (Å²) in [6, 6.07) is 28.8. The Morgan fingerprint density at radius 1 is 0.862 bits per heavy atom. The largest absolute Gasteiger partial charge is 0.311 e. The summed E-state index contributed by atoms with van der Waals surface area (Å²) in [7, 11) is 0. The summed E-state index contributed by atoms with van der Waals surface area (Å²) in [5.41, 5.74) is 4.22. The molecule has 1 amide bonds. The maximum atomic E-state index is 12.4. The van der Waals surface area contributed by atoms with Gasteiger partial charge in [0.05, 0.1) is 4.91 Å². The molecule has 0 bridgehead atoms. The van der Waals surface area contributed by atoms with E-state index in [0.29, 0.717) is 15.8 Å². The first kappa shape index (κ1) is 19.4. The first-order valence-corrected chi connectivity index (χ1v) is 10.7. The van der Waals surface area contributed by atoms with Crippen molar-refractivity contribution in [2.45, 2.75) is 6.92 Å². The van der Waals surface area contributed by atoms with Crippen molar-refractivity contribution in [3.8, 4) is 0 Å². The minimum absolute atomic E-state index is 0.0122. The molecule has 0 N–H and O–H groups in total. The van der Waals surface area contributed by atoms with Gasteiger partial charge in [-0.15, -0.1) is 0 Å². The molecule has 3 aromatic rings. The van der Waals surface area contributed by atoms with Gasteiger partial charge < -0.3 is 4.90 Å². The van der Waals surface area contributed by atoms with Crippen LogP contribution >= 0.6 is 24.0 Å². The molecule has 0 aliphatic carbocycles. The van der Waals surface area contributed by atoms with E-state index in [-0.39, 0.29) is 5.91 Å². The van der Waals surface area contributed by atoms with Gasteiger partial charge in [-0.2, -0.15) is 0 Å². The molecule has 1 aliphatic heterocycles. The molecule has 0 spiro atoms. The number of nitrogens with zero attached hydrogens (tertiary/aromatic N) is 2. The number of hydrogen-bond donors (Lipinski definition) is 0. The number of amides is 1. The average Bonchev–Trinajstić information content (AvgIpc) is 3.03. The molecule has 1 aliphatic rings. The standard InChI is InChI=1S/C24H20N2OS2/c1-2-25-23(27)22(29-24(25)28)17-18-13-15-21(16-14-18)26(19-9-5-3-6-10-19)20-11-7-4-8-12-20/h3-17H,2H2,1H3/b22-17+. The molecular weight excluding hydrogens is 396 g/mol. The average molecular weight is 417 g/mol. The third-order valence-electron chi connectivity index (χ3n) is 4.67. The highest BCUT2D eigenvalue weighted by molar-refractivity contribution is 8.26. The van der Waals surface area contributed by atoms with Crippen LogP contribution in [0.4, 0.5) is 17.1 Å². The topological polar surface area (TPSA) is 23.6 Å². The Labute approximate surface area is 180 Å². The lowest BCUT2D eigenvalue weighted by Crippen LogP contribution is -2.27. The van der Waals surface area contributed by atoms with Crippen LogP contribution in [0.15, 0.2) is 89.8 Å². The Morgan fingerprint density at radius 3 is 1.86 bits per heavy atom. The molecule has 3 nitrogen and oxygen atoms in total. The zero-order chi connectivity index (χ0) is 20.2. The van der Waals surface area contributed by atoms with E-state index in [0.717, 1.165) is 22.6 Å². The lowest BCUT2D eigenvalue weighted by molar-refractivity contribution is -0.121. The van der Waals surface area contributed by atoms with E-state index in [4.69, 9.17) is 12.2 Å². The van der Waals surface area contributed by atoms with E-state index >= 15 is 0 Å². The van der Waals surface area contributed by atoms with E-state index in [1.807, 2.05) is 61.5 Å². The third-order valence-corrected chi connectivity index (χ3v) is 6.05. The summed E-state index contributed by atoms with van der Waals surface area (Å²) < 4.78 is 0.625. The van der Waals surface area contributed by atoms with Gasteiger partial charge in [0.1, 0.15) is 4.32 Å². The van der Waals surface area contributed by atoms with Crippen molar-refractivity contribution in [2.24, 2.45) is 0 Å². The molecule has 29 heavy (non-hydrogen) atoms. The van der Waals surface area contributed by atoms with Gasteiger partial charge in [0, 0.05) is 23.6 Å². The fraction of sp³-hybridized carbons (Fsp3) is 0.0833. The van der Waals surface area contributed by atoms with Gasteiger partial charge in [-0.25, -0.2) is 0 Å². The second kappa shape index (κ2) is 8.64. The molecular formula is C24H20N2OS2. The van der Waals surface area contributed by atoms with Crippen LogP contribution in [0.2, 0.25) is 0 Å². The number of carbonyl (C=O) groups excluding carboxylic acids is 1. The van der Waals surface area contributed by atoms with E-state index in [9.17, 15) is 4.79 Å². The molecule has 1 fully saturated rings. The molecule has 1 heterocycles. The van der Waals surface area contributed by atoms with Crippen LogP contribution in [0.5, 0.6) is 0 Å². The van der Waals surface area contributed by atoms with Crippen molar-refractivity contribution < 1.29 is 4.79 Å². The maximum Gasteiger partial charge on any atom is 0.266 e. The summed E-state index contributed by atoms with van der Waals surface area (Å²) >= 11 is 6.66. The quantitative estimate of drug-likeness (QED) is 0.356. The van der Waals surface area contributed by atoms with Crippen molar-refractivity contribution in [3.63, 3.8) is 0 Å². The van der Waals surface area contributed by atoms with Gasteiger partial charge in [-0.1, -0.05) is 72.5 Å². The van der Waals surface area contributed by atoms with Crippen molar-refractivity contribution in [1.29, 1.82) is 0 Å². The number of likely N-dealkylation sites (N-methyl/N-ethyl adjacent to an activating group) is 1. The predicted molar refractivity (Wildman–Crippen MR) is 127 cm³/mol. The number of rotatable bonds is 5. The van der Waals surface area contributed by atoms with Crippen LogP contribution in [0, 0.1) is 0 Å². The van der Waals surface area contributed by atoms with Gasteiger partial charge in [0.25, 0.3) is 5.91 Å². The summed E-state index contributed by atoms with van der Waals surface area (Å²) in [5.74, 6) is -0.0122. The first-order chi connectivity index (χ1) is 14.2. The number of thioether (sulfide) groups is 1. The Balaban J connectivity index is 1.66. The minimum Gasteiger partial charge on any atom is -0.311 e. The Bertz CT molecular complexity index is 1010. The third kappa shape index (κ3) is 4.11. The zero-order valence-corrected chi connectivity index (χ0v) is 17.6. The van der Waals surface area contributed by atoms with Crippen LogP contribution in [0.1, 0.15) is 12.5 Å². The molecule has 0 atom stereocenters. The normalized spacial score (nSPS) is 15.2. The van der Waals surface area contributed by atoms with Crippen molar-refractivity contribution in [3.05, 3.63) is 95.4 Å². The summed E-state index contributed by atoms with van der Waals surface area (Å²) in [6.45, 7) is 2.54. The predicted octanol–water partition coefficient (Wildman–Crippen LogP) is 6.38. The van der Waals surface area contributed by atoms with Gasteiger partial charge >= 0.3 is 0 Å². The van der Waals surface area contributed by atoms with Crippen molar-refractivity contribution >= 4 is 57.3 Å². The number of carbonyl (C=O) groups is 1. The van der Waals surface area contributed by atoms with Crippen LogP contribution in [0.3, 0.4) is 0 Å². The molecule has 0 radical (unpaired) electrons. The SMILES string of the molecule is CCN1C(=O)/C(=C\c2ccc(N(c3ccccc3)c3ccccc3)cc2)SC1=S. The second-order valence-corrected chi connectivity index (χ2v) is 8.20. The minimum atomic E-state index is -0.0122. The highest BCUT2D eigenvalue weighted by Gasteiger charge is 2.30. The second-order valence-electron chi connectivity index (χ2n) is 6.52. The molecule has 5 heteroatoms. The molecule has 1 saturated heterocycles. The van der Waals surface area contributed by atoms with Crippen LogP contribution in [-0.4, -0.2) is 21.7 Å². The van der Waals surface area contributed by atoms with Gasteiger partial charge in [0.2, 0.25) is 0 Å². The zero-order valence-electron chi connectivity index (χ0n) is 16.0. The van der Waals surface area contributed by atoms with Gasteiger partial charge in [-0.05, 0) is 55.0 Å². The fourth-order valence-electron chi connectivity index (χ4n) is 3.24. The first-order valence-electron chi connectivity index (χ1n) is 9.43. The Hall–Kier alpha value is -2.89. The van der Waals surface area contributed by atoms with E-state index in [1.54, 1.807) is 4.90 Å². The van der Waals surface area contributed by atoms with E-state index in [1.165, 1.54) is 11.8 Å². The van der Waals surface area contributed by atoms with Crippen LogP contribution < -0.4 is 4.90 Å². The van der Waals surface area contributed by atoms with E-state index < -0.39 is 0 Å². The molecule has 4 rings (SSSR count). The molecule has 0 unspecified atom stereocenters. The number of benzene rings is 3. The number of thiocarbonyl (C=S) groups is 1. The number of anilines is 3. The summed E-state index contributed by atoms with van der Waals surface area (Å²) in [5, 5.41) is 0. The van der Waals surface area contributed by atoms with Gasteiger partial charge in [-0.3, -0.25) is 9.69 Å². The lowest BCUT2D eigenvalue weighted by atomic mass is 10.1. The molecule has 0 saturated carbocycles. The van der Waals surface area contributed by atoms with Crippen LogP contribution in [-0.2, 0) is 4.79 Å². The number of para-hydroxylation sites is 2. The number of hydrogen-bond acceptors (Lipinski definition) is 4. The van der Waals surface area contributed by atoms with E-state index in [2.05, 4.69) is 41.3 Å². The highest BCUT2D eigenvalue weighted by Crippen LogP contribution is 2.35. The fourth-order valence-corrected chi connectivity index (χ4v) is 4.63. The summed E-state index contributed by atoms with van der Waals surface area (Å²) in [4.78, 5) is 17.0. The Morgan fingerprint density at radius 2 is 1.38 bits per heavy atom. The highest BCUT2D eigenvalue weighted by atomic mass is 32.2. The maximum absolute atomic E-state index is 12.4. The lowest BCUT2D eigenvalue weighted by Gasteiger charge is -2.25. The summed E-state index contributed by atoms with van der Waals surface area (Å²) in [6.07, 6.45) is 1.91. The van der Waals surface area contributed by atoms with Crippen molar-refractivity contribution in [1.82, 2.24) is 4.90 Å². The molecule has 0 aromatic heterocycles. The Kier molecular flexibility index (Phi) is 5.79. The van der Waals surface area contributed by atoms with Crippen LogP contribution in [0.25, 0.3) is 6.08 Å². The van der Waals surface area contributed by atoms with Gasteiger partial charge in [0.15, 0.2) is 0 Å². The molecule has 144 valence electrons. The smallest absolute Gasteiger partial charge is 0.266 e.